The molecule has 1 amide bonds. The number of rotatable bonds is 8. The van der Waals surface area contributed by atoms with Gasteiger partial charge in [-0.1, -0.05) is 24.6 Å². The van der Waals surface area contributed by atoms with Crippen molar-refractivity contribution in [2.24, 2.45) is 0 Å². The average Bonchev–Trinajstić information content (AvgIpc) is 2.68. The summed E-state index contributed by atoms with van der Waals surface area (Å²) in [5.74, 6) is -2.16. The molecule has 1 fully saturated rings. The summed E-state index contributed by atoms with van der Waals surface area (Å²) < 4.78 is 66.9. The van der Waals surface area contributed by atoms with Gasteiger partial charge in [0.25, 0.3) is 5.91 Å². The predicted octanol–water partition coefficient (Wildman–Crippen LogP) is 3.60. The molecule has 0 radical (unpaired) electrons. The molecule has 31 heavy (non-hydrogen) atoms. The molecule has 1 aliphatic carbocycles. The van der Waals surface area contributed by atoms with E-state index in [1.165, 1.54) is 24.5 Å². The summed E-state index contributed by atoms with van der Waals surface area (Å²) in [5, 5.41) is 1.80. The molecule has 0 atom stereocenters. The molecule has 1 N–H and O–H groups in total. The molecule has 1 aromatic carbocycles. The van der Waals surface area contributed by atoms with Crippen LogP contribution in [0.3, 0.4) is 0 Å². The number of carbonyl (C=O) groups is 2. The molecule has 11 heteroatoms. The van der Waals surface area contributed by atoms with Crippen LogP contribution in [0, 0.1) is 0 Å². The molecule has 1 aromatic heterocycles. The quantitative estimate of drug-likeness (QED) is 0.498. The van der Waals surface area contributed by atoms with Crippen molar-refractivity contribution in [3.05, 3.63) is 53.6 Å². The fraction of sp³-hybridized carbons (Fsp3) is 0.400. The minimum absolute atomic E-state index is 0.0155. The molecule has 1 saturated carbocycles. The van der Waals surface area contributed by atoms with Gasteiger partial charge in [-0.15, -0.1) is 13.2 Å². The number of carbonyl (C=O) groups excluding carboxylic acids is 2. The zero-order valence-corrected chi connectivity index (χ0v) is 16.1. The van der Waals surface area contributed by atoms with E-state index in [1.54, 1.807) is 17.4 Å². The Bertz CT molecular complexity index is 944. The van der Waals surface area contributed by atoms with E-state index < -0.39 is 36.4 Å². The summed E-state index contributed by atoms with van der Waals surface area (Å²) in [6, 6.07) is 5.94. The van der Waals surface area contributed by atoms with Gasteiger partial charge in [-0.25, -0.2) is 9.97 Å². The van der Waals surface area contributed by atoms with Crippen LogP contribution in [0.15, 0.2) is 36.7 Å². The highest BCUT2D eigenvalue weighted by Crippen LogP contribution is 2.49. The van der Waals surface area contributed by atoms with E-state index in [4.69, 9.17) is 0 Å². The number of nitrogens with one attached hydrogen (secondary N) is 1. The molecule has 166 valence electrons. The van der Waals surface area contributed by atoms with Crippen LogP contribution in [0.2, 0.25) is 0 Å². The van der Waals surface area contributed by atoms with Crippen molar-refractivity contribution in [1.82, 2.24) is 15.3 Å². The van der Waals surface area contributed by atoms with E-state index in [0.717, 1.165) is 6.42 Å². The van der Waals surface area contributed by atoms with Crippen LogP contribution in [-0.2, 0) is 16.6 Å². The van der Waals surface area contributed by atoms with E-state index in [0.29, 0.717) is 24.2 Å². The molecule has 0 unspecified atom stereocenters. The van der Waals surface area contributed by atoms with E-state index in [9.17, 15) is 31.5 Å². The van der Waals surface area contributed by atoms with E-state index in [-0.39, 0.29) is 17.7 Å². The van der Waals surface area contributed by atoms with Gasteiger partial charge < -0.3 is 10.1 Å². The molecule has 2 aromatic rings. The minimum atomic E-state index is -4.82. The maximum absolute atomic E-state index is 12.8. The summed E-state index contributed by atoms with van der Waals surface area (Å²) in [5.41, 5.74) is -0.197. The Labute approximate surface area is 173 Å². The normalized spacial score (nSPS) is 15.3. The number of halogens is 5. The monoisotopic (exact) mass is 443 g/mol. The van der Waals surface area contributed by atoms with Crippen molar-refractivity contribution < 1.29 is 36.3 Å². The largest absolute Gasteiger partial charge is 0.573 e. The molecule has 0 bridgehead atoms. The van der Waals surface area contributed by atoms with Gasteiger partial charge in [0.1, 0.15) is 11.6 Å². The van der Waals surface area contributed by atoms with E-state index >= 15 is 0 Å². The van der Waals surface area contributed by atoms with Crippen molar-refractivity contribution in [2.75, 3.05) is 6.54 Å². The first kappa shape index (κ1) is 22.6. The second kappa shape index (κ2) is 8.94. The summed E-state index contributed by atoms with van der Waals surface area (Å²) in [4.78, 5) is 31.0. The van der Waals surface area contributed by atoms with Crippen molar-refractivity contribution in [2.45, 2.75) is 43.9 Å². The Kier molecular flexibility index (Phi) is 6.51. The number of alkyl halides is 5. The van der Waals surface area contributed by atoms with Crippen LogP contribution in [0.1, 0.15) is 41.0 Å². The van der Waals surface area contributed by atoms with Crippen molar-refractivity contribution in [3.63, 3.8) is 0 Å². The Morgan fingerprint density at radius 3 is 2.32 bits per heavy atom. The molecule has 0 saturated heterocycles. The maximum atomic E-state index is 12.8. The minimum Gasteiger partial charge on any atom is -0.405 e. The maximum Gasteiger partial charge on any atom is 0.573 e. The Morgan fingerprint density at radius 2 is 1.77 bits per heavy atom. The van der Waals surface area contributed by atoms with Gasteiger partial charge >= 0.3 is 12.8 Å². The van der Waals surface area contributed by atoms with Gasteiger partial charge in [-0.2, -0.15) is 8.78 Å². The number of ketones is 1. The van der Waals surface area contributed by atoms with Crippen molar-refractivity contribution >= 4 is 11.7 Å². The number of Topliss-reactive ketones (excluding diaryl/α,β-unsaturated/α-hetero) is 1. The standard InChI is InChI=1S/C20H18F5N3O3/c21-17(22)18(30)28-11-14(29)12-9-26-16(27-10-12)8-19(6-3-7-19)13-4-1-2-5-15(13)31-20(23,24)25/h1-2,4-5,9-10,17H,3,6-8,11H2,(H,28,30). The molecular formula is C20H18F5N3O3. The van der Waals surface area contributed by atoms with Crippen LogP contribution in [-0.4, -0.2) is 41.0 Å². The first-order valence-corrected chi connectivity index (χ1v) is 9.35. The Balaban J connectivity index is 1.73. The zero-order chi connectivity index (χ0) is 22.6. The predicted molar refractivity (Wildman–Crippen MR) is 97.7 cm³/mol. The molecule has 1 heterocycles. The van der Waals surface area contributed by atoms with Crippen LogP contribution in [0.5, 0.6) is 5.75 Å². The van der Waals surface area contributed by atoms with E-state index in [2.05, 4.69) is 14.7 Å². The number of benzene rings is 1. The first-order chi connectivity index (χ1) is 14.6. The topological polar surface area (TPSA) is 81.2 Å². The van der Waals surface area contributed by atoms with Crippen molar-refractivity contribution in [1.29, 1.82) is 0 Å². The van der Waals surface area contributed by atoms with Gasteiger partial charge in [0.2, 0.25) is 0 Å². The summed E-state index contributed by atoms with van der Waals surface area (Å²) in [6.45, 7) is -0.627. The second-order valence-electron chi connectivity index (χ2n) is 7.18. The summed E-state index contributed by atoms with van der Waals surface area (Å²) in [7, 11) is 0. The number of para-hydroxylation sites is 1. The number of hydrogen-bond donors (Lipinski definition) is 1. The van der Waals surface area contributed by atoms with Gasteiger partial charge in [0, 0.05) is 29.8 Å². The van der Waals surface area contributed by atoms with Crippen LogP contribution in [0.4, 0.5) is 22.0 Å². The first-order valence-electron chi connectivity index (χ1n) is 9.35. The van der Waals surface area contributed by atoms with Gasteiger partial charge in [-0.3, -0.25) is 9.59 Å². The number of ether oxygens (including phenoxy) is 1. The Morgan fingerprint density at radius 1 is 1.13 bits per heavy atom. The lowest BCUT2D eigenvalue weighted by atomic mass is 9.62. The molecule has 3 rings (SSSR count). The van der Waals surface area contributed by atoms with Crippen LogP contribution < -0.4 is 10.1 Å². The highest BCUT2D eigenvalue weighted by Gasteiger charge is 2.43. The summed E-state index contributed by atoms with van der Waals surface area (Å²) >= 11 is 0. The smallest absolute Gasteiger partial charge is 0.405 e. The Hall–Kier alpha value is -3.11. The highest BCUT2D eigenvalue weighted by molar-refractivity contribution is 5.99. The molecule has 0 aliphatic heterocycles. The molecule has 1 aliphatic rings. The third-order valence-corrected chi connectivity index (χ3v) is 5.14. The fourth-order valence-corrected chi connectivity index (χ4v) is 3.50. The number of amides is 1. The van der Waals surface area contributed by atoms with Gasteiger partial charge in [0.15, 0.2) is 5.78 Å². The molecule has 0 spiro atoms. The number of nitrogens with zero attached hydrogens (tertiary/aromatic N) is 2. The van der Waals surface area contributed by atoms with Gasteiger partial charge in [-0.05, 0) is 18.9 Å². The molecular weight excluding hydrogens is 425 g/mol. The number of aromatic nitrogens is 2. The number of hydrogen-bond acceptors (Lipinski definition) is 5. The zero-order valence-electron chi connectivity index (χ0n) is 16.1. The van der Waals surface area contributed by atoms with Crippen molar-refractivity contribution in [3.8, 4) is 5.75 Å². The van der Waals surface area contributed by atoms with Crippen LogP contribution >= 0.6 is 0 Å². The third kappa shape index (κ3) is 5.53. The third-order valence-electron chi connectivity index (χ3n) is 5.14. The van der Waals surface area contributed by atoms with Crippen LogP contribution in [0.25, 0.3) is 0 Å². The van der Waals surface area contributed by atoms with E-state index in [1.807, 2.05) is 0 Å². The second-order valence-corrected chi connectivity index (χ2v) is 7.18. The lowest BCUT2D eigenvalue weighted by molar-refractivity contribution is -0.275. The van der Waals surface area contributed by atoms with Gasteiger partial charge in [0.05, 0.1) is 12.1 Å². The average molecular weight is 443 g/mol. The SMILES string of the molecule is O=C(CNC(=O)C(F)F)c1cnc(CC2(c3ccccc3OC(F)(F)F)CCC2)nc1. The highest BCUT2D eigenvalue weighted by atomic mass is 19.4. The summed E-state index contributed by atoms with van der Waals surface area (Å²) in [6.07, 6.45) is -3.35. The molecule has 6 nitrogen and oxygen atoms in total. The lowest BCUT2D eigenvalue weighted by Gasteiger charge is -2.42. The fourth-order valence-electron chi connectivity index (χ4n) is 3.50. The lowest BCUT2D eigenvalue weighted by Crippen LogP contribution is -2.38.